The maximum Gasteiger partial charge on any atom is 0.226 e. The number of carbonyl (C=O) groups is 1. The van der Waals surface area contributed by atoms with Crippen LogP contribution in [0.1, 0.15) is 50.9 Å². The number of hydrogen-bond acceptors (Lipinski definition) is 6. The molecule has 1 spiro atoms. The normalized spacial score (nSPS) is 22.5. The molecule has 1 atom stereocenters. The Hall–Kier alpha value is -1.73. The fraction of sp³-hybridized carbons (Fsp3) is 0.737. The van der Waals surface area contributed by atoms with Crippen molar-refractivity contribution in [1.29, 1.82) is 0 Å². The first-order chi connectivity index (χ1) is 12.5. The van der Waals surface area contributed by atoms with Crippen LogP contribution in [0.15, 0.2) is 16.3 Å². The highest BCUT2D eigenvalue weighted by atomic mass is 16.6. The van der Waals surface area contributed by atoms with Gasteiger partial charge in [0.2, 0.25) is 5.91 Å². The molecule has 2 fully saturated rings. The SMILES string of the molecule is CC(C)=CCN1CCC2(CCC(CNC(=O)Cc3nonc3C)O2)CC1. The van der Waals surface area contributed by atoms with E-state index in [1.54, 1.807) is 6.92 Å². The summed E-state index contributed by atoms with van der Waals surface area (Å²) >= 11 is 0. The second-order valence-electron chi connectivity index (χ2n) is 7.82. The minimum absolute atomic E-state index is 0.0174. The number of piperidine rings is 1. The smallest absolute Gasteiger partial charge is 0.226 e. The Balaban J connectivity index is 1.39. The summed E-state index contributed by atoms with van der Waals surface area (Å²) in [5.41, 5.74) is 2.64. The molecular weight excluding hydrogens is 332 g/mol. The molecule has 1 amide bonds. The number of rotatable bonds is 6. The quantitative estimate of drug-likeness (QED) is 0.780. The van der Waals surface area contributed by atoms with E-state index in [2.05, 4.69) is 45.1 Å². The number of aromatic nitrogens is 2. The van der Waals surface area contributed by atoms with Crippen LogP contribution in [-0.4, -0.2) is 59.0 Å². The van der Waals surface area contributed by atoms with Gasteiger partial charge in [0.15, 0.2) is 0 Å². The van der Waals surface area contributed by atoms with Crippen LogP contribution in [0.3, 0.4) is 0 Å². The maximum atomic E-state index is 12.1. The second-order valence-corrected chi connectivity index (χ2v) is 7.82. The predicted octanol–water partition coefficient (Wildman–Crippen LogP) is 2.02. The van der Waals surface area contributed by atoms with Gasteiger partial charge in [-0.25, -0.2) is 4.63 Å². The van der Waals surface area contributed by atoms with Crippen molar-refractivity contribution in [2.24, 2.45) is 0 Å². The van der Waals surface area contributed by atoms with E-state index in [0.717, 1.165) is 45.3 Å². The van der Waals surface area contributed by atoms with Crippen LogP contribution < -0.4 is 5.32 Å². The minimum Gasteiger partial charge on any atom is -0.370 e. The van der Waals surface area contributed by atoms with Gasteiger partial charge in [-0.1, -0.05) is 22.0 Å². The van der Waals surface area contributed by atoms with E-state index in [1.807, 2.05) is 0 Å². The van der Waals surface area contributed by atoms with Crippen molar-refractivity contribution in [2.75, 3.05) is 26.2 Å². The monoisotopic (exact) mass is 362 g/mol. The van der Waals surface area contributed by atoms with Crippen LogP contribution in [0.25, 0.3) is 0 Å². The Bertz CT molecular complexity index is 643. The first-order valence-electron chi connectivity index (χ1n) is 9.54. The summed E-state index contributed by atoms with van der Waals surface area (Å²) in [5, 5.41) is 10.4. The summed E-state index contributed by atoms with van der Waals surface area (Å²) < 4.78 is 11.0. The minimum atomic E-state index is -0.0649. The van der Waals surface area contributed by atoms with Crippen molar-refractivity contribution in [3.63, 3.8) is 0 Å². The van der Waals surface area contributed by atoms with Gasteiger partial charge in [-0.3, -0.25) is 9.69 Å². The molecule has 3 heterocycles. The molecule has 1 N–H and O–H groups in total. The van der Waals surface area contributed by atoms with E-state index in [1.165, 1.54) is 5.57 Å². The number of hydrogen-bond donors (Lipinski definition) is 1. The van der Waals surface area contributed by atoms with E-state index >= 15 is 0 Å². The van der Waals surface area contributed by atoms with Crippen LogP contribution in [0.2, 0.25) is 0 Å². The number of ether oxygens (including phenoxy) is 1. The molecule has 2 aliphatic heterocycles. The first-order valence-corrected chi connectivity index (χ1v) is 9.54. The van der Waals surface area contributed by atoms with Crippen molar-refractivity contribution < 1.29 is 14.2 Å². The van der Waals surface area contributed by atoms with Gasteiger partial charge in [0.25, 0.3) is 0 Å². The summed E-state index contributed by atoms with van der Waals surface area (Å²) in [6.07, 6.45) is 6.87. The lowest BCUT2D eigenvalue weighted by Crippen LogP contribution is -2.45. The Labute approximate surface area is 155 Å². The largest absolute Gasteiger partial charge is 0.370 e. The molecule has 0 aliphatic carbocycles. The van der Waals surface area contributed by atoms with E-state index in [0.29, 0.717) is 17.9 Å². The molecule has 1 unspecified atom stereocenters. The van der Waals surface area contributed by atoms with Crippen LogP contribution >= 0.6 is 0 Å². The molecule has 7 heteroatoms. The van der Waals surface area contributed by atoms with Crippen molar-refractivity contribution >= 4 is 5.91 Å². The number of nitrogens with zero attached hydrogens (tertiary/aromatic N) is 3. The number of aryl methyl sites for hydroxylation is 1. The summed E-state index contributed by atoms with van der Waals surface area (Å²) in [7, 11) is 0. The molecule has 0 saturated carbocycles. The molecule has 0 bridgehead atoms. The third-order valence-corrected chi connectivity index (χ3v) is 5.46. The van der Waals surface area contributed by atoms with Crippen LogP contribution in [-0.2, 0) is 16.0 Å². The second kappa shape index (κ2) is 8.31. The third-order valence-electron chi connectivity index (χ3n) is 5.46. The predicted molar refractivity (Wildman–Crippen MR) is 97.7 cm³/mol. The average Bonchev–Trinajstić information content (AvgIpc) is 3.20. The summed E-state index contributed by atoms with van der Waals surface area (Å²) in [4.78, 5) is 14.6. The van der Waals surface area contributed by atoms with Gasteiger partial charge in [-0.05, 0) is 46.5 Å². The van der Waals surface area contributed by atoms with Gasteiger partial charge in [-0.2, -0.15) is 0 Å². The molecule has 0 aromatic carbocycles. The van der Waals surface area contributed by atoms with Gasteiger partial charge in [0.05, 0.1) is 18.1 Å². The Morgan fingerprint density at radius 1 is 1.31 bits per heavy atom. The lowest BCUT2D eigenvalue weighted by molar-refractivity contribution is -0.122. The molecule has 0 radical (unpaired) electrons. The number of likely N-dealkylation sites (tertiary alicyclic amines) is 1. The Morgan fingerprint density at radius 3 is 2.73 bits per heavy atom. The zero-order valence-electron chi connectivity index (χ0n) is 16.1. The lowest BCUT2D eigenvalue weighted by atomic mass is 9.88. The highest BCUT2D eigenvalue weighted by Crippen LogP contribution is 2.38. The summed E-state index contributed by atoms with van der Waals surface area (Å²) in [6, 6.07) is 0. The molecular formula is C19H30N4O3. The van der Waals surface area contributed by atoms with Crippen molar-refractivity contribution in [2.45, 2.75) is 64.6 Å². The number of allylic oxidation sites excluding steroid dienone is 1. The third kappa shape index (κ3) is 4.92. The fourth-order valence-electron chi connectivity index (χ4n) is 3.71. The van der Waals surface area contributed by atoms with Gasteiger partial charge in [0, 0.05) is 26.2 Å². The topological polar surface area (TPSA) is 80.5 Å². The molecule has 1 aromatic heterocycles. The molecule has 144 valence electrons. The molecule has 2 saturated heterocycles. The van der Waals surface area contributed by atoms with Gasteiger partial charge < -0.3 is 10.1 Å². The van der Waals surface area contributed by atoms with Gasteiger partial charge >= 0.3 is 0 Å². The fourth-order valence-corrected chi connectivity index (χ4v) is 3.71. The van der Waals surface area contributed by atoms with E-state index in [4.69, 9.17) is 4.74 Å². The standard InChI is InChI=1S/C19H30N4O3/c1-14(2)5-9-23-10-7-19(8-11-23)6-4-16(25-19)13-20-18(24)12-17-15(3)21-26-22-17/h5,16H,4,6-13H2,1-3H3,(H,20,24). The van der Waals surface area contributed by atoms with Gasteiger partial charge in [-0.15, -0.1) is 0 Å². The van der Waals surface area contributed by atoms with Gasteiger partial charge in [0.1, 0.15) is 11.4 Å². The highest BCUT2D eigenvalue weighted by Gasteiger charge is 2.42. The van der Waals surface area contributed by atoms with E-state index in [-0.39, 0.29) is 24.0 Å². The average molecular weight is 362 g/mol. The highest BCUT2D eigenvalue weighted by molar-refractivity contribution is 5.78. The molecule has 1 aromatic rings. The molecule has 3 rings (SSSR count). The summed E-state index contributed by atoms with van der Waals surface area (Å²) in [5.74, 6) is -0.0649. The van der Waals surface area contributed by atoms with Crippen LogP contribution in [0, 0.1) is 6.92 Å². The zero-order valence-corrected chi connectivity index (χ0v) is 16.1. The number of nitrogens with one attached hydrogen (secondary N) is 1. The first kappa shape index (κ1) is 19.0. The van der Waals surface area contributed by atoms with Crippen molar-refractivity contribution in [3.8, 4) is 0 Å². The lowest BCUT2D eigenvalue weighted by Gasteiger charge is -2.39. The Kier molecular flexibility index (Phi) is 6.09. The molecule has 7 nitrogen and oxygen atoms in total. The maximum absolute atomic E-state index is 12.1. The van der Waals surface area contributed by atoms with E-state index < -0.39 is 0 Å². The van der Waals surface area contributed by atoms with Crippen LogP contribution in [0.5, 0.6) is 0 Å². The van der Waals surface area contributed by atoms with Crippen LogP contribution in [0.4, 0.5) is 0 Å². The van der Waals surface area contributed by atoms with Crippen molar-refractivity contribution in [1.82, 2.24) is 20.5 Å². The number of carbonyl (C=O) groups excluding carboxylic acids is 1. The molecule has 2 aliphatic rings. The Morgan fingerprint density at radius 2 is 2.08 bits per heavy atom. The van der Waals surface area contributed by atoms with Crippen molar-refractivity contribution in [3.05, 3.63) is 23.0 Å². The summed E-state index contributed by atoms with van der Waals surface area (Å²) in [6.45, 7) is 9.84. The molecule has 26 heavy (non-hydrogen) atoms. The zero-order chi connectivity index (χ0) is 18.6. The van der Waals surface area contributed by atoms with E-state index in [9.17, 15) is 4.79 Å². The number of amides is 1.